The first-order valence-corrected chi connectivity index (χ1v) is 6.22. The highest BCUT2D eigenvalue weighted by Gasteiger charge is 2.27. The predicted octanol–water partition coefficient (Wildman–Crippen LogP) is 1.18. The van der Waals surface area contributed by atoms with Crippen molar-refractivity contribution >= 4 is 5.97 Å². The van der Waals surface area contributed by atoms with E-state index in [9.17, 15) is 4.79 Å². The van der Waals surface area contributed by atoms with E-state index in [1.807, 2.05) is 18.2 Å². The smallest absolute Gasteiger partial charge is 0.329 e. The normalized spacial score (nSPS) is 16.7. The molecule has 0 amide bonds. The van der Waals surface area contributed by atoms with Crippen LogP contribution in [0.3, 0.4) is 0 Å². The third kappa shape index (κ3) is 3.11. The number of aromatic nitrogens is 2. The van der Waals surface area contributed by atoms with Crippen molar-refractivity contribution in [2.24, 2.45) is 0 Å². The van der Waals surface area contributed by atoms with E-state index in [0.717, 1.165) is 0 Å². The largest absolute Gasteiger partial charge is 0.485 e. The average molecular weight is 292 g/mol. The molecule has 1 N–H and O–H groups in total. The van der Waals surface area contributed by atoms with E-state index < -0.39 is 18.7 Å². The second kappa shape index (κ2) is 5.80. The Balaban J connectivity index is 1.63. The molecule has 1 unspecified atom stereocenters. The number of rotatable bonds is 5. The van der Waals surface area contributed by atoms with Crippen molar-refractivity contribution in [2.75, 3.05) is 13.2 Å². The maximum absolute atomic E-state index is 10.3. The molecule has 8 heteroatoms. The number of carboxylic acid groups (broad SMARTS) is 1. The topological polar surface area (TPSA) is 104 Å². The molecular formula is C13H12N2O6. The molecule has 1 aliphatic heterocycles. The number of benzene rings is 1. The zero-order chi connectivity index (χ0) is 14.7. The molecule has 0 radical (unpaired) electrons. The van der Waals surface area contributed by atoms with Crippen LogP contribution in [0.25, 0.3) is 0 Å². The fraction of sp³-hybridized carbons (Fsp3) is 0.308. The predicted molar refractivity (Wildman–Crippen MR) is 66.9 cm³/mol. The van der Waals surface area contributed by atoms with Crippen LogP contribution in [-0.2, 0) is 16.1 Å². The molecule has 1 aromatic heterocycles. The maximum atomic E-state index is 10.3. The Morgan fingerprint density at radius 2 is 2.14 bits per heavy atom. The van der Waals surface area contributed by atoms with E-state index >= 15 is 0 Å². The molecule has 3 rings (SSSR count). The van der Waals surface area contributed by atoms with Gasteiger partial charge in [0, 0.05) is 0 Å². The summed E-state index contributed by atoms with van der Waals surface area (Å²) in [5.74, 6) is 0.663. The van der Waals surface area contributed by atoms with E-state index in [0.29, 0.717) is 11.5 Å². The number of hydrogen-bond acceptors (Lipinski definition) is 7. The van der Waals surface area contributed by atoms with Gasteiger partial charge in [0.2, 0.25) is 12.0 Å². The van der Waals surface area contributed by atoms with Crippen LogP contribution >= 0.6 is 0 Å². The van der Waals surface area contributed by atoms with Crippen molar-refractivity contribution in [2.45, 2.75) is 12.7 Å². The van der Waals surface area contributed by atoms with E-state index in [-0.39, 0.29) is 25.0 Å². The molecule has 8 nitrogen and oxygen atoms in total. The van der Waals surface area contributed by atoms with Crippen molar-refractivity contribution in [1.82, 2.24) is 10.2 Å². The van der Waals surface area contributed by atoms with Gasteiger partial charge in [0.25, 0.3) is 5.89 Å². The van der Waals surface area contributed by atoms with Gasteiger partial charge in [-0.25, -0.2) is 4.79 Å². The summed E-state index contributed by atoms with van der Waals surface area (Å²) in [4.78, 5) is 10.3. The standard InChI is InChI=1S/C13H12N2O6/c16-12(17)7-18-6-11-14-15-13(21-11)10-5-19-8-3-1-2-4-9(8)20-10/h1-4,10H,5-7H2,(H,16,17). The number of carbonyl (C=O) groups is 1. The van der Waals surface area contributed by atoms with Crippen LogP contribution in [-0.4, -0.2) is 34.5 Å². The Kier molecular flexibility index (Phi) is 3.69. The van der Waals surface area contributed by atoms with Crippen molar-refractivity contribution in [3.8, 4) is 11.5 Å². The third-order valence-electron chi connectivity index (χ3n) is 2.72. The highest BCUT2D eigenvalue weighted by molar-refractivity contribution is 5.67. The zero-order valence-corrected chi connectivity index (χ0v) is 10.9. The maximum Gasteiger partial charge on any atom is 0.329 e. The second-order valence-corrected chi connectivity index (χ2v) is 4.28. The van der Waals surface area contributed by atoms with Gasteiger partial charge in [-0.05, 0) is 12.1 Å². The van der Waals surface area contributed by atoms with E-state index in [1.165, 1.54) is 0 Å². The van der Waals surface area contributed by atoms with Crippen molar-refractivity contribution in [3.63, 3.8) is 0 Å². The molecule has 0 saturated heterocycles. The Labute approximate surface area is 119 Å². The van der Waals surface area contributed by atoms with Gasteiger partial charge in [0.15, 0.2) is 11.5 Å². The van der Waals surface area contributed by atoms with E-state index in [4.69, 9.17) is 23.7 Å². The minimum atomic E-state index is -1.06. The molecule has 21 heavy (non-hydrogen) atoms. The van der Waals surface area contributed by atoms with Crippen LogP contribution in [0.1, 0.15) is 17.9 Å². The number of fused-ring (bicyclic) bond motifs is 1. The molecular weight excluding hydrogens is 280 g/mol. The molecule has 110 valence electrons. The number of ether oxygens (including phenoxy) is 3. The van der Waals surface area contributed by atoms with Gasteiger partial charge in [-0.15, -0.1) is 10.2 Å². The molecule has 0 bridgehead atoms. The lowest BCUT2D eigenvalue weighted by atomic mass is 10.2. The highest BCUT2D eigenvalue weighted by atomic mass is 16.6. The summed E-state index contributed by atoms with van der Waals surface area (Å²) in [6, 6.07) is 7.29. The Morgan fingerprint density at radius 3 is 2.95 bits per heavy atom. The van der Waals surface area contributed by atoms with Crippen LogP contribution < -0.4 is 9.47 Å². The Morgan fingerprint density at radius 1 is 1.33 bits per heavy atom. The zero-order valence-electron chi connectivity index (χ0n) is 10.9. The first-order valence-electron chi connectivity index (χ1n) is 6.22. The minimum absolute atomic E-state index is 0.0660. The summed E-state index contributed by atoms with van der Waals surface area (Å²) in [7, 11) is 0. The summed E-state index contributed by atoms with van der Waals surface area (Å²) in [5, 5.41) is 16.1. The van der Waals surface area contributed by atoms with Gasteiger partial charge in [-0.2, -0.15) is 0 Å². The van der Waals surface area contributed by atoms with Gasteiger partial charge in [0.05, 0.1) is 0 Å². The minimum Gasteiger partial charge on any atom is -0.485 e. The van der Waals surface area contributed by atoms with Gasteiger partial charge in [-0.1, -0.05) is 12.1 Å². The van der Waals surface area contributed by atoms with Crippen LogP contribution in [0, 0.1) is 0 Å². The quantitative estimate of drug-likeness (QED) is 0.876. The molecule has 1 atom stereocenters. The molecule has 1 aliphatic rings. The number of para-hydroxylation sites is 2. The van der Waals surface area contributed by atoms with Gasteiger partial charge in [-0.3, -0.25) is 0 Å². The van der Waals surface area contributed by atoms with Crippen LogP contribution in [0.2, 0.25) is 0 Å². The number of aliphatic carboxylic acids is 1. The summed E-state index contributed by atoms with van der Waals surface area (Å²) in [6.07, 6.45) is -0.499. The summed E-state index contributed by atoms with van der Waals surface area (Å²) in [5.41, 5.74) is 0. The number of hydrogen-bond donors (Lipinski definition) is 1. The van der Waals surface area contributed by atoms with Crippen molar-refractivity contribution in [1.29, 1.82) is 0 Å². The van der Waals surface area contributed by atoms with Gasteiger partial charge < -0.3 is 23.7 Å². The van der Waals surface area contributed by atoms with Crippen LogP contribution in [0.5, 0.6) is 11.5 Å². The number of carboxylic acids is 1. The van der Waals surface area contributed by atoms with Crippen LogP contribution in [0.4, 0.5) is 0 Å². The van der Waals surface area contributed by atoms with Crippen LogP contribution in [0.15, 0.2) is 28.7 Å². The summed E-state index contributed by atoms with van der Waals surface area (Å²) < 4.78 is 21.5. The van der Waals surface area contributed by atoms with Crippen molar-refractivity contribution < 1.29 is 28.5 Å². The van der Waals surface area contributed by atoms with Crippen molar-refractivity contribution in [3.05, 3.63) is 36.0 Å². The monoisotopic (exact) mass is 292 g/mol. The summed E-state index contributed by atoms with van der Waals surface area (Å²) in [6.45, 7) is -0.230. The Hall–Kier alpha value is -2.61. The fourth-order valence-corrected chi connectivity index (χ4v) is 1.82. The average Bonchev–Trinajstić information content (AvgIpc) is 2.95. The first-order chi connectivity index (χ1) is 10.2. The molecule has 0 aliphatic carbocycles. The lowest BCUT2D eigenvalue weighted by Crippen LogP contribution is -2.21. The van der Waals surface area contributed by atoms with E-state index in [2.05, 4.69) is 10.2 Å². The van der Waals surface area contributed by atoms with Gasteiger partial charge >= 0.3 is 5.97 Å². The third-order valence-corrected chi connectivity index (χ3v) is 2.72. The molecule has 2 aromatic rings. The second-order valence-electron chi connectivity index (χ2n) is 4.28. The molecule has 1 aromatic carbocycles. The molecule has 0 spiro atoms. The molecule has 2 heterocycles. The molecule has 0 saturated carbocycles. The lowest BCUT2D eigenvalue weighted by Gasteiger charge is -2.23. The first kappa shape index (κ1) is 13.4. The SMILES string of the molecule is O=C(O)COCc1nnc(C2COc3ccccc3O2)o1. The fourth-order valence-electron chi connectivity index (χ4n) is 1.82. The lowest BCUT2D eigenvalue weighted by molar-refractivity contribution is -0.142. The Bertz CT molecular complexity index is 641. The van der Waals surface area contributed by atoms with Gasteiger partial charge in [0.1, 0.15) is 19.8 Å². The van der Waals surface area contributed by atoms with E-state index in [1.54, 1.807) is 6.07 Å². The highest BCUT2D eigenvalue weighted by Crippen LogP contribution is 2.35. The number of nitrogens with zero attached hydrogens (tertiary/aromatic N) is 2. The molecule has 0 fully saturated rings. The summed E-state index contributed by atoms with van der Waals surface area (Å²) >= 11 is 0.